The number of likely N-dealkylation sites (N-methyl/N-ethyl adjacent to an activating group) is 1. The largest absolute Gasteiger partial charge is 0.425 e. The second-order valence-corrected chi connectivity index (χ2v) is 3.77. The van der Waals surface area contributed by atoms with Crippen LogP contribution in [-0.2, 0) is 11.2 Å². The Kier molecular flexibility index (Phi) is 3.69. The van der Waals surface area contributed by atoms with Gasteiger partial charge in [-0.1, -0.05) is 0 Å². The third-order valence-electron chi connectivity index (χ3n) is 2.64. The number of hydrogen-bond acceptors (Lipinski definition) is 5. The molecule has 5 nitrogen and oxygen atoms in total. The Bertz CT molecular complexity index is 295. The first-order valence-electron chi connectivity index (χ1n) is 5.45. The highest BCUT2D eigenvalue weighted by atomic mass is 16.5. The van der Waals surface area contributed by atoms with Crippen molar-refractivity contribution in [2.75, 3.05) is 26.8 Å². The second-order valence-electron chi connectivity index (χ2n) is 3.77. The van der Waals surface area contributed by atoms with Crippen LogP contribution in [0.15, 0.2) is 4.42 Å². The van der Waals surface area contributed by atoms with E-state index in [2.05, 4.69) is 15.5 Å². The van der Waals surface area contributed by atoms with Gasteiger partial charge in [-0.2, -0.15) is 0 Å². The number of nitrogens with one attached hydrogen (secondary N) is 1. The highest BCUT2D eigenvalue weighted by molar-refractivity contribution is 4.93. The van der Waals surface area contributed by atoms with Gasteiger partial charge in [-0.05, 0) is 19.9 Å². The molecule has 0 aliphatic carbocycles. The summed E-state index contributed by atoms with van der Waals surface area (Å²) in [5, 5.41) is 11.2. The molecule has 2 heterocycles. The average Bonchev–Trinajstić information content (AvgIpc) is 2.76. The molecule has 84 valence electrons. The van der Waals surface area contributed by atoms with Crippen molar-refractivity contribution < 1.29 is 9.15 Å². The van der Waals surface area contributed by atoms with Gasteiger partial charge in [0.25, 0.3) is 0 Å². The van der Waals surface area contributed by atoms with E-state index in [4.69, 9.17) is 9.15 Å². The molecule has 1 aromatic rings. The first-order chi connectivity index (χ1) is 7.40. The van der Waals surface area contributed by atoms with Gasteiger partial charge in [0.15, 0.2) is 0 Å². The summed E-state index contributed by atoms with van der Waals surface area (Å²) >= 11 is 0. The van der Waals surface area contributed by atoms with E-state index >= 15 is 0 Å². The molecule has 5 heteroatoms. The van der Waals surface area contributed by atoms with E-state index in [9.17, 15) is 0 Å². The second kappa shape index (κ2) is 5.23. The number of nitrogens with zero attached hydrogens (tertiary/aromatic N) is 2. The Labute approximate surface area is 89.2 Å². The zero-order chi connectivity index (χ0) is 10.5. The molecular formula is C10H17N3O2. The topological polar surface area (TPSA) is 60.2 Å². The summed E-state index contributed by atoms with van der Waals surface area (Å²) in [5.74, 6) is 1.91. The van der Waals surface area contributed by atoms with Crippen molar-refractivity contribution in [3.05, 3.63) is 11.8 Å². The predicted molar refractivity (Wildman–Crippen MR) is 54.7 cm³/mol. The summed E-state index contributed by atoms with van der Waals surface area (Å²) in [5.41, 5.74) is 0. The van der Waals surface area contributed by atoms with Crippen LogP contribution in [0.1, 0.15) is 30.5 Å². The number of rotatable bonds is 4. The normalized spacial score (nSPS) is 18.2. The van der Waals surface area contributed by atoms with Crippen LogP contribution in [0, 0.1) is 0 Å². The number of hydrogen-bond donors (Lipinski definition) is 1. The van der Waals surface area contributed by atoms with Gasteiger partial charge in [0.05, 0.1) is 0 Å². The summed E-state index contributed by atoms with van der Waals surface area (Å²) in [6.07, 6.45) is 2.79. The lowest BCUT2D eigenvalue weighted by molar-refractivity contribution is 0.0791. The van der Waals surface area contributed by atoms with Gasteiger partial charge in [0.1, 0.15) is 0 Å². The molecule has 0 saturated carbocycles. The van der Waals surface area contributed by atoms with Crippen LogP contribution in [0.4, 0.5) is 0 Å². The van der Waals surface area contributed by atoms with E-state index in [1.165, 1.54) is 0 Å². The third-order valence-corrected chi connectivity index (χ3v) is 2.64. The van der Waals surface area contributed by atoms with Gasteiger partial charge in [-0.3, -0.25) is 0 Å². The molecule has 1 aliphatic heterocycles. The molecule has 1 N–H and O–H groups in total. The Balaban J connectivity index is 1.93. The highest BCUT2D eigenvalue weighted by Gasteiger charge is 2.21. The smallest absolute Gasteiger partial charge is 0.219 e. The molecule has 2 rings (SSSR count). The monoisotopic (exact) mass is 211 g/mol. The fourth-order valence-electron chi connectivity index (χ4n) is 1.71. The van der Waals surface area contributed by atoms with Crippen molar-refractivity contribution in [1.29, 1.82) is 0 Å². The molecule has 1 fully saturated rings. The van der Waals surface area contributed by atoms with Crippen LogP contribution >= 0.6 is 0 Å². The molecule has 0 radical (unpaired) electrons. The Morgan fingerprint density at radius 3 is 2.87 bits per heavy atom. The first-order valence-corrected chi connectivity index (χ1v) is 5.45. The molecule has 0 amide bonds. The van der Waals surface area contributed by atoms with Gasteiger partial charge < -0.3 is 14.5 Å². The van der Waals surface area contributed by atoms with Crippen molar-refractivity contribution in [2.24, 2.45) is 0 Å². The zero-order valence-corrected chi connectivity index (χ0v) is 9.03. The zero-order valence-electron chi connectivity index (χ0n) is 9.03. The molecule has 0 bridgehead atoms. The van der Waals surface area contributed by atoms with Gasteiger partial charge in [0, 0.05) is 32.1 Å². The summed E-state index contributed by atoms with van der Waals surface area (Å²) < 4.78 is 10.9. The Morgan fingerprint density at radius 1 is 1.33 bits per heavy atom. The summed E-state index contributed by atoms with van der Waals surface area (Å²) in [4.78, 5) is 0. The van der Waals surface area contributed by atoms with Crippen LogP contribution in [-0.4, -0.2) is 37.0 Å². The minimum absolute atomic E-state index is 0.398. The number of ether oxygens (including phenoxy) is 1. The van der Waals surface area contributed by atoms with E-state index in [1.54, 1.807) is 0 Å². The molecular weight excluding hydrogens is 194 g/mol. The summed E-state index contributed by atoms with van der Waals surface area (Å²) in [6.45, 7) is 2.48. The quantitative estimate of drug-likeness (QED) is 0.795. The maximum atomic E-state index is 5.61. The minimum Gasteiger partial charge on any atom is -0.425 e. The highest BCUT2D eigenvalue weighted by Crippen LogP contribution is 2.25. The van der Waals surface area contributed by atoms with Crippen LogP contribution in [0.5, 0.6) is 0 Å². The fourth-order valence-corrected chi connectivity index (χ4v) is 1.71. The van der Waals surface area contributed by atoms with Crippen LogP contribution in [0.25, 0.3) is 0 Å². The van der Waals surface area contributed by atoms with Crippen LogP contribution in [0.3, 0.4) is 0 Å². The van der Waals surface area contributed by atoms with E-state index in [0.717, 1.165) is 50.8 Å². The molecule has 1 aliphatic rings. The molecule has 1 aromatic heterocycles. The summed E-state index contributed by atoms with van der Waals surface area (Å²) in [6, 6.07) is 0. The van der Waals surface area contributed by atoms with Crippen molar-refractivity contribution in [1.82, 2.24) is 15.5 Å². The van der Waals surface area contributed by atoms with Gasteiger partial charge in [0.2, 0.25) is 11.8 Å². The standard InChI is InChI=1S/C10H17N3O2/c1-11-5-2-9-12-13-10(15-9)8-3-6-14-7-4-8/h8,11H,2-7H2,1H3. The predicted octanol–water partition coefficient (Wildman–Crippen LogP) is 0.725. The van der Waals surface area contributed by atoms with Crippen molar-refractivity contribution in [3.63, 3.8) is 0 Å². The van der Waals surface area contributed by atoms with E-state index in [1.807, 2.05) is 7.05 Å². The van der Waals surface area contributed by atoms with Crippen molar-refractivity contribution >= 4 is 0 Å². The van der Waals surface area contributed by atoms with E-state index in [0.29, 0.717) is 5.92 Å². The molecule has 0 aromatic carbocycles. The van der Waals surface area contributed by atoms with Gasteiger partial charge in [-0.15, -0.1) is 10.2 Å². The van der Waals surface area contributed by atoms with Crippen molar-refractivity contribution in [2.45, 2.75) is 25.2 Å². The third kappa shape index (κ3) is 2.76. The molecule has 0 unspecified atom stereocenters. The number of aromatic nitrogens is 2. The lowest BCUT2D eigenvalue weighted by Gasteiger charge is -2.18. The Hall–Kier alpha value is -0.940. The SMILES string of the molecule is CNCCc1nnc(C2CCOCC2)o1. The maximum Gasteiger partial charge on any atom is 0.219 e. The lowest BCUT2D eigenvalue weighted by atomic mass is 10.0. The van der Waals surface area contributed by atoms with Crippen LogP contribution < -0.4 is 5.32 Å². The molecule has 0 spiro atoms. The Morgan fingerprint density at radius 2 is 2.13 bits per heavy atom. The average molecular weight is 211 g/mol. The van der Waals surface area contributed by atoms with Crippen molar-refractivity contribution in [3.8, 4) is 0 Å². The first kappa shape index (κ1) is 10.6. The van der Waals surface area contributed by atoms with Gasteiger partial charge in [-0.25, -0.2) is 0 Å². The molecule has 0 atom stereocenters. The molecule has 1 saturated heterocycles. The van der Waals surface area contributed by atoms with E-state index < -0.39 is 0 Å². The molecule has 15 heavy (non-hydrogen) atoms. The van der Waals surface area contributed by atoms with Gasteiger partial charge >= 0.3 is 0 Å². The fraction of sp³-hybridized carbons (Fsp3) is 0.800. The van der Waals surface area contributed by atoms with Crippen LogP contribution in [0.2, 0.25) is 0 Å². The maximum absolute atomic E-state index is 5.61. The van der Waals surface area contributed by atoms with E-state index in [-0.39, 0.29) is 0 Å². The lowest BCUT2D eigenvalue weighted by Crippen LogP contribution is -2.14. The minimum atomic E-state index is 0.398. The summed E-state index contributed by atoms with van der Waals surface area (Å²) in [7, 11) is 1.91.